The van der Waals surface area contributed by atoms with Crippen molar-refractivity contribution in [3.05, 3.63) is 51.1 Å². The van der Waals surface area contributed by atoms with Crippen molar-refractivity contribution in [2.24, 2.45) is 0 Å². The Morgan fingerprint density at radius 2 is 2.05 bits per heavy atom. The smallest absolute Gasteiger partial charge is 0.129 e. The van der Waals surface area contributed by atoms with E-state index in [0.29, 0.717) is 10.6 Å². The van der Waals surface area contributed by atoms with E-state index in [2.05, 4.69) is 22.0 Å². The van der Waals surface area contributed by atoms with Crippen LogP contribution in [0.5, 0.6) is 0 Å². The molecule has 5 heteroatoms. The zero-order valence-electron chi connectivity index (χ0n) is 10.3. The van der Waals surface area contributed by atoms with E-state index in [4.69, 9.17) is 5.73 Å². The molecule has 0 spiro atoms. The van der Waals surface area contributed by atoms with Crippen LogP contribution in [0.15, 0.2) is 46.3 Å². The van der Waals surface area contributed by atoms with Crippen LogP contribution in [0.2, 0.25) is 0 Å². The first kappa shape index (κ1) is 13.4. The highest BCUT2D eigenvalue weighted by molar-refractivity contribution is 9.10. The number of rotatable bonds is 2. The van der Waals surface area contributed by atoms with Crippen molar-refractivity contribution in [1.82, 2.24) is 0 Å². The quantitative estimate of drug-likeness (QED) is 0.668. The highest BCUT2D eigenvalue weighted by Gasteiger charge is 2.19. The minimum atomic E-state index is 0.573. The molecular formula is C15H9BrN2S2. The summed E-state index contributed by atoms with van der Waals surface area (Å²) in [6.45, 7) is 0. The number of nitrogens with two attached hydrogens (primary N) is 1. The number of thiophene rings is 2. The molecule has 3 aromatic rings. The molecule has 2 heterocycles. The van der Waals surface area contributed by atoms with Crippen LogP contribution in [0.25, 0.3) is 20.9 Å². The lowest BCUT2D eigenvalue weighted by Crippen LogP contribution is -1.87. The Labute approximate surface area is 133 Å². The van der Waals surface area contributed by atoms with Crippen LogP contribution < -0.4 is 5.73 Å². The molecule has 2 N–H and O–H groups in total. The van der Waals surface area contributed by atoms with Crippen molar-refractivity contribution in [3.63, 3.8) is 0 Å². The largest absolute Gasteiger partial charge is 0.396 e. The third-order valence-electron chi connectivity index (χ3n) is 2.90. The summed E-state index contributed by atoms with van der Waals surface area (Å²) in [7, 11) is 0. The SMILES string of the molecule is N#Cc1sc(-c2cccc(Br)c2)c(-c2cccs2)c1N. The molecule has 0 atom stereocenters. The Bertz CT molecular complexity index is 798. The lowest BCUT2D eigenvalue weighted by atomic mass is 10.1. The highest BCUT2D eigenvalue weighted by atomic mass is 79.9. The fourth-order valence-electron chi connectivity index (χ4n) is 2.03. The van der Waals surface area contributed by atoms with E-state index in [0.717, 1.165) is 25.4 Å². The van der Waals surface area contributed by atoms with Crippen molar-refractivity contribution in [2.75, 3.05) is 5.73 Å². The van der Waals surface area contributed by atoms with Crippen LogP contribution in [-0.2, 0) is 0 Å². The van der Waals surface area contributed by atoms with E-state index in [1.54, 1.807) is 11.3 Å². The van der Waals surface area contributed by atoms with E-state index in [1.807, 2.05) is 41.8 Å². The van der Waals surface area contributed by atoms with Crippen LogP contribution in [-0.4, -0.2) is 0 Å². The number of halogens is 1. The first-order valence-electron chi connectivity index (χ1n) is 5.83. The predicted molar refractivity (Wildman–Crippen MR) is 89.9 cm³/mol. The number of benzene rings is 1. The molecule has 0 bridgehead atoms. The summed E-state index contributed by atoms with van der Waals surface area (Å²) in [5, 5.41) is 11.2. The van der Waals surface area contributed by atoms with Gasteiger partial charge in [-0.2, -0.15) is 5.26 Å². The molecule has 2 nitrogen and oxygen atoms in total. The minimum absolute atomic E-state index is 0.573. The maximum absolute atomic E-state index is 9.23. The van der Waals surface area contributed by atoms with Gasteiger partial charge in [-0.15, -0.1) is 22.7 Å². The van der Waals surface area contributed by atoms with Crippen molar-refractivity contribution in [2.45, 2.75) is 0 Å². The Kier molecular flexibility index (Phi) is 3.62. The predicted octanol–water partition coefficient (Wildman–Crippen LogP) is 5.36. The average molecular weight is 361 g/mol. The Balaban J connectivity index is 2.28. The second kappa shape index (κ2) is 5.41. The number of hydrogen-bond acceptors (Lipinski definition) is 4. The molecule has 0 aliphatic heterocycles. The average Bonchev–Trinajstić information content (AvgIpc) is 3.05. The fourth-order valence-corrected chi connectivity index (χ4v) is 4.31. The number of hydrogen-bond donors (Lipinski definition) is 1. The molecular weight excluding hydrogens is 352 g/mol. The summed E-state index contributed by atoms with van der Waals surface area (Å²) in [5.41, 5.74) is 8.79. The Hall–Kier alpha value is -1.61. The van der Waals surface area contributed by atoms with Gasteiger partial charge in [0.05, 0.1) is 5.69 Å². The number of anilines is 1. The van der Waals surface area contributed by atoms with E-state index in [-0.39, 0.29) is 0 Å². The van der Waals surface area contributed by atoms with Gasteiger partial charge in [-0.25, -0.2) is 0 Å². The molecule has 1 aromatic carbocycles. The van der Waals surface area contributed by atoms with Gasteiger partial charge in [-0.05, 0) is 29.1 Å². The molecule has 0 radical (unpaired) electrons. The normalized spacial score (nSPS) is 10.4. The molecule has 0 aliphatic rings. The van der Waals surface area contributed by atoms with Crippen molar-refractivity contribution in [1.29, 1.82) is 5.26 Å². The van der Waals surface area contributed by atoms with Crippen LogP contribution in [0.4, 0.5) is 5.69 Å². The van der Waals surface area contributed by atoms with Gasteiger partial charge in [-0.1, -0.05) is 34.1 Å². The second-order valence-electron chi connectivity index (χ2n) is 4.15. The molecule has 0 saturated carbocycles. The summed E-state index contributed by atoms with van der Waals surface area (Å²) in [6.07, 6.45) is 0. The van der Waals surface area contributed by atoms with Gasteiger partial charge in [0, 0.05) is 19.8 Å². The Morgan fingerprint density at radius 3 is 2.70 bits per heavy atom. The lowest BCUT2D eigenvalue weighted by molar-refractivity contribution is 1.52. The van der Waals surface area contributed by atoms with E-state index in [1.165, 1.54) is 11.3 Å². The fraction of sp³-hybridized carbons (Fsp3) is 0. The molecule has 2 aromatic heterocycles. The molecule has 0 unspecified atom stereocenters. The van der Waals surface area contributed by atoms with E-state index in [9.17, 15) is 5.26 Å². The molecule has 0 saturated heterocycles. The second-order valence-corrected chi connectivity index (χ2v) is 7.03. The summed E-state index contributed by atoms with van der Waals surface area (Å²) in [5.74, 6) is 0. The summed E-state index contributed by atoms with van der Waals surface area (Å²) in [4.78, 5) is 2.71. The number of nitrogens with zero attached hydrogens (tertiary/aromatic N) is 1. The van der Waals surface area contributed by atoms with Gasteiger partial charge in [0.15, 0.2) is 0 Å². The van der Waals surface area contributed by atoms with Gasteiger partial charge in [0.25, 0.3) is 0 Å². The summed E-state index contributed by atoms with van der Waals surface area (Å²) in [6, 6.07) is 14.3. The maximum Gasteiger partial charge on any atom is 0.129 e. The van der Waals surface area contributed by atoms with Crippen LogP contribution >= 0.6 is 38.6 Å². The lowest BCUT2D eigenvalue weighted by Gasteiger charge is -2.04. The topological polar surface area (TPSA) is 49.8 Å². The van der Waals surface area contributed by atoms with Gasteiger partial charge < -0.3 is 5.73 Å². The first-order chi connectivity index (χ1) is 9.70. The summed E-state index contributed by atoms with van der Waals surface area (Å²) >= 11 is 6.56. The highest BCUT2D eigenvalue weighted by Crippen LogP contribution is 2.46. The van der Waals surface area contributed by atoms with Crippen molar-refractivity contribution < 1.29 is 0 Å². The zero-order valence-corrected chi connectivity index (χ0v) is 13.5. The standard InChI is InChI=1S/C15H9BrN2S2/c16-10-4-1-3-9(7-10)15-13(11-5-2-6-19-11)14(18)12(8-17)20-15/h1-7H,18H2. The van der Waals surface area contributed by atoms with Gasteiger partial charge in [0.2, 0.25) is 0 Å². The molecule has 0 aliphatic carbocycles. The number of nitrogen functional groups attached to an aromatic ring is 1. The molecule has 20 heavy (non-hydrogen) atoms. The zero-order chi connectivity index (χ0) is 14.1. The third-order valence-corrected chi connectivity index (χ3v) is 5.44. The van der Waals surface area contributed by atoms with Crippen molar-refractivity contribution >= 4 is 44.3 Å². The Morgan fingerprint density at radius 1 is 1.20 bits per heavy atom. The number of nitriles is 1. The summed E-state index contributed by atoms with van der Waals surface area (Å²) < 4.78 is 1.01. The molecule has 0 fully saturated rings. The van der Waals surface area contributed by atoms with Gasteiger partial charge in [-0.3, -0.25) is 0 Å². The van der Waals surface area contributed by atoms with Crippen molar-refractivity contribution in [3.8, 4) is 27.0 Å². The first-order valence-corrected chi connectivity index (χ1v) is 8.32. The maximum atomic E-state index is 9.23. The van der Waals surface area contributed by atoms with Crippen LogP contribution in [0.1, 0.15) is 4.88 Å². The molecule has 3 rings (SSSR count). The van der Waals surface area contributed by atoms with Gasteiger partial charge in [0.1, 0.15) is 10.9 Å². The van der Waals surface area contributed by atoms with Crippen LogP contribution in [0, 0.1) is 11.3 Å². The third kappa shape index (κ3) is 2.27. The van der Waals surface area contributed by atoms with Gasteiger partial charge >= 0.3 is 0 Å². The molecule has 98 valence electrons. The minimum Gasteiger partial charge on any atom is -0.396 e. The monoisotopic (exact) mass is 360 g/mol. The van der Waals surface area contributed by atoms with Crippen LogP contribution in [0.3, 0.4) is 0 Å². The van der Waals surface area contributed by atoms with E-state index >= 15 is 0 Å². The van der Waals surface area contributed by atoms with E-state index < -0.39 is 0 Å². The molecule has 0 amide bonds.